The van der Waals surface area contributed by atoms with Crippen molar-refractivity contribution in [3.05, 3.63) is 46.8 Å². The van der Waals surface area contributed by atoms with Crippen LogP contribution in [-0.2, 0) is 11.3 Å². The third-order valence-electron chi connectivity index (χ3n) is 5.47. The molecule has 1 amide bonds. The first-order chi connectivity index (χ1) is 11.9. The van der Waals surface area contributed by atoms with E-state index in [0.717, 1.165) is 35.7 Å². The summed E-state index contributed by atoms with van der Waals surface area (Å²) in [6.07, 6.45) is 0. The van der Waals surface area contributed by atoms with Crippen molar-refractivity contribution in [2.24, 2.45) is 11.8 Å². The highest BCUT2D eigenvalue weighted by Gasteiger charge is 2.31. The summed E-state index contributed by atoms with van der Waals surface area (Å²) in [5, 5.41) is 7.98. The Hall–Kier alpha value is -2.14. The summed E-state index contributed by atoms with van der Waals surface area (Å²) in [7, 11) is 1.90. The van der Waals surface area contributed by atoms with E-state index in [1.807, 2.05) is 42.6 Å². The molecule has 0 saturated carbocycles. The van der Waals surface area contributed by atoms with E-state index in [2.05, 4.69) is 31.3 Å². The highest BCUT2D eigenvalue weighted by atomic mass is 16.2. The molecule has 2 aromatic rings. The van der Waals surface area contributed by atoms with Gasteiger partial charge in [-0.15, -0.1) is 0 Å². The van der Waals surface area contributed by atoms with Crippen LogP contribution >= 0.6 is 0 Å². The van der Waals surface area contributed by atoms with Gasteiger partial charge >= 0.3 is 0 Å². The summed E-state index contributed by atoms with van der Waals surface area (Å²) >= 11 is 0. The maximum absolute atomic E-state index is 12.7. The molecule has 1 N–H and O–H groups in total. The standard InChI is InChI=1S/C20H28N4O/c1-13-8-6-7-9-19(13)24-16(4)18(15(3)22-24)12-23(5)20(25)14(2)17-10-21-11-17/h6-9,14,17,21H,10-12H2,1-5H3. The Labute approximate surface area is 150 Å². The zero-order valence-corrected chi connectivity index (χ0v) is 15.8. The van der Waals surface area contributed by atoms with E-state index in [0.29, 0.717) is 12.5 Å². The van der Waals surface area contributed by atoms with Crippen molar-refractivity contribution in [2.45, 2.75) is 34.2 Å². The maximum Gasteiger partial charge on any atom is 0.225 e. The maximum atomic E-state index is 12.7. The molecule has 5 nitrogen and oxygen atoms in total. The molecule has 1 saturated heterocycles. The first-order valence-electron chi connectivity index (χ1n) is 8.97. The fraction of sp³-hybridized carbons (Fsp3) is 0.500. The number of amides is 1. The lowest BCUT2D eigenvalue weighted by Gasteiger charge is -2.34. The molecular formula is C20H28N4O. The van der Waals surface area contributed by atoms with Crippen LogP contribution in [0.1, 0.15) is 29.4 Å². The molecule has 2 heterocycles. The number of nitrogens with one attached hydrogen (secondary N) is 1. The van der Waals surface area contributed by atoms with E-state index in [4.69, 9.17) is 5.10 Å². The molecule has 134 valence electrons. The molecule has 1 fully saturated rings. The number of carbonyl (C=O) groups excluding carboxylic acids is 1. The van der Waals surface area contributed by atoms with E-state index in [-0.39, 0.29) is 11.8 Å². The summed E-state index contributed by atoms with van der Waals surface area (Å²) in [5.41, 5.74) is 5.51. The Morgan fingerprint density at radius 3 is 2.60 bits per heavy atom. The second kappa shape index (κ2) is 7.00. The quantitative estimate of drug-likeness (QED) is 0.910. The molecule has 0 aliphatic carbocycles. The zero-order chi connectivity index (χ0) is 18.1. The number of aryl methyl sites for hydroxylation is 2. The molecule has 1 unspecified atom stereocenters. The van der Waals surface area contributed by atoms with Crippen molar-refractivity contribution in [1.29, 1.82) is 0 Å². The predicted molar refractivity (Wildman–Crippen MR) is 99.8 cm³/mol. The molecule has 25 heavy (non-hydrogen) atoms. The Balaban J connectivity index is 1.81. The Morgan fingerprint density at radius 1 is 1.32 bits per heavy atom. The molecule has 1 aliphatic rings. The van der Waals surface area contributed by atoms with Crippen molar-refractivity contribution in [1.82, 2.24) is 20.0 Å². The van der Waals surface area contributed by atoms with E-state index < -0.39 is 0 Å². The van der Waals surface area contributed by atoms with Crippen LogP contribution in [-0.4, -0.2) is 40.7 Å². The SMILES string of the molecule is Cc1ccccc1-n1nc(C)c(CN(C)C(=O)C(C)C2CNC2)c1C. The van der Waals surface area contributed by atoms with Crippen LogP contribution < -0.4 is 5.32 Å². The lowest BCUT2D eigenvalue weighted by atomic mass is 9.88. The summed E-state index contributed by atoms with van der Waals surface area (Å²) in [4.78, 5) is 14.6. The molecule has 0 spiro atoms. The summed E-state index contributed by atoms with van der Waals surface area (Å²) < 4.78 is 2.00. The third kappa shape index (κ3) is 3.33. The average Bonchev–Trinajstić information content (AvgIpc) is 2.81. The second-order valence-corrected chi connectivity index (χ2v) is 7.25. The first kappa shape index (κ1) is 17.7. The zero-order valence-electron chi connectivity index (χ0n) is 15.8. The summed E-state index contributed by atoms with van der Waals surface area (Å²) in [5.74, 6) is 0.749. The summed E-state index contributed by atoms with van der Waals surface area (Å²) in [6.45, 7) is 10.7. The number of para-hydroxylation sites is 1. The van der Waals surface area contributed by atoms with Crippen molar-refractivity contribution in [3.8, 4) is 5.69 Å². The minimum Gasteiger partial charge on any atom is -0.341 e. The second-order valence-electron chi connectivity index (χ2n) is 7.25. The van der Waals surface area contributed by atoms with Crippen LogP contribution in [0.15, 0.2) is 24.3 Å². The third-order valence-corrected chi connectivity index (χ3v) is 5.47. The lowest BCUT2D eigenvalue weighted by Crippen LogP contribution is -2.49. The molecular weight excluding hydrogens is 312 g/mol. The van der Waals surface area contributed by atoms with Gasteiger partial charge in [-0.05, 0) is 51.4 Å². The number of carbonyl (C=O) groups is 1. The van der Waals surface area contributed by atoms with Crippen molar-refractivity contribution in [3.63, 3.8) is 0 Å². The van der Waals surface area contributed by atoms with Crippen LogP contribution in [0.2, 0.25) is 0 Å². The minimum absolute atomic E-state index is 0.0678. The molecule has 1 aromatic carbocycles. The molecule has 0 radical (unpaired) electrons. The normalized spacial score (nSPS) is 15.7. The van der Waals surface area contributed by atoms with Gasteiger partial charge in [0, 0.05) is 30.8 Å². The lowest BCUT2D eigenvalue weighted by molar-refractivity contribution is -0.136. The number of hydrogen-bond acceptors (Lipinski definition) is 3. The van der Waals surface area contributed by atoms with Gasteiger partial charge in [0.25, 0.3) is 0 Å². The minimum atomic E-state index is 0.0678. The van der Waals surface area contributed by atoms with Gasteiger partial charge in [-0.3, -0.25) is 4.79 Å². The van der Waals surface area contributed by atoms with E-state index >= 15 is 0 Å². The van der Waals surface area contributed by atoms with E-state index in [9.17, 15) is 4.79 Å². The molecule has 5 heteroatoms. The highest BCUT2D eigenvalue weighted by Crippen LogP contribution is 2.23. The van der Waals surface area contributed by atoms with Gasteiger partial charge in [0.15, 0.2) is 0 Å². The number of nitrogens with zero attached hydrogens (tertiary/aromatic N) is 3. The Bertz CT molecular complexity index is 776. The van der Waals surface area contributed by atoms with Crippen LogP contribution in [0.25, 0.3) is 5.69 Å². The van der Waals surface area contributed by atoms with Gasteiger partial charge in [0.2, 0.25) is 5.91 Å². The van der Waals surface area contributed by atoms with Crippen molar-refractivity contribution >= 4 is 5.91 Å². The van der Waals surface area contributed by atoms with Crippen LogP contribution in [0.5, 0.6) is 0 Å². The van der Waals surface area contributed by atoms with Gasteiger partial charge in [0.1, 0.15) is 0 Å². The number of benzene rings is 1. The van der Waals surface area contributed by atoms with Crippen LogP contribution in [0.4, 0.5) is 0 Å². The van der Waals surface area contributed by atoms with Gasteiger partial charge in [-0.25, -0.2) is 4.68 Å². The molecule has 1 aromatic heterocycles. The molecule has 1 atom stereocenters. The molecule has 0 bridgehead atoms. The van der Waals surface area contributed by atoms with Gasteiger partial charge in [-0.2, -0.15) is 5.10 Å². The van der Waals surface area contributed by atoms with Gasteiger partial charge in [0.05, 0.1) is 11.4 Å². The van der Waals surface area contributed by atoms with Crippen LogP contribution in [0, 0.1) is 32.6 Å². The number of hydrogen-bond donors (Lipinski definition) is 1. The monoisotopic (exact) mass is 340 g/mol. The van der Waals surface area contributed by atoms with Crippen LogP contribution in [0.3, 0.4) is 0 Å². The van der Waals surface area contributed by atoms with E-state index in [1.165, 1.54) is 5.56 Å². The fourth-order valence-corrected chi connectivity index (χ4v) is 3.47. The topological polar surface area (TPSA) is 50.2 Å². The Morgan fingerprint density at radius 2 is 2.00 bits per heavy atom. The van der Waals surface area contributed by atoms with Crippen molar-refractivity contribution in [2.75, 3.05) is 20.1 Å². The fourth-order valence-electron chi connectivity index (χ4n) is 3.47. The largest absolute Gasteiger partial charge is 0.341 e. The predicted octanol–water partition coefficient (Wildman–Crippen LogP) is 2.61. The van der Waals surface area contributed by atoms with Crippen molar-refractivity contribution < 1.29 is 4.79 Å². The highest BCUT2D eigenvalue weighted by molar-refractivity contribution is 5.78. The van der Waals surface area contributed by atoms with Gasteiger partial charge in [-0.1, -0.05) is 25.1 Å². The first-order valence-corrected chi connectivity index (χ1v) is 8.97. The van der Waals surface area contributed by atoms with Gasteiger partial charge < -0.3 is 10.2 Å². The number of aromatic nitrogens is 2. The Kier molecular flexibility index (Phi) is 4.95. The smallest absolute Gasteiger partial charge is 0.225 e. The summed E-state index contributed by atoms with van der Waals surface area (Å²) in [6, 6.07) is 8.24. The molecule has 1 aliphatic heterocycles. The average molecular weight is 340 g/mol. The van der Waals surface area contributed by atoms with E-state index in [1.54, 1.807) is 0 Å². The molecule has 3 rings (SSSR count). The number of rotatable bonds is 5.